The number of hydrogen-bond acceptors (Lipinski definition) is 2. The minimum Gasteiger partial charge on any atom is -0.365 e. The van der Waals surface area contributed by atoms with Crippen LogP contribution in [0.3, 0.4) is 0 Å². The van der Waals surface area contributed by atoms with Crippen molar-refractivity contribution in [1.82, 2.24) is 0 Å². The van der Waals surface area contributed by atoms with Crippen LogP contribution in [0.25, 0.3) is 0 Å². The molecule has 4 saturated carbocycles. The molecule has 5 aliphatic rings. The first-order valence-electron chi connectivity index (χ1n) is 5.68. The molecule has 1 aliphatic heterocycles. The molecule has 5 fully saturated rings. The van der Waals surface area contributed by atoms with Crippen molar-refractivity contribution in [2.45, 2.75) is 31.2 Å². The lowest BCUT2D eigenvalue weighted by molar-refractivity contribution is -0.201. The van der Waals surface area contributed by atoms with Crippen LogP contribution >= 0.6 is 0 Å². The third kappa shape index (κ3) is 0.435. The van der Waals surface area contributed by atoms with Gasteiger partial charge in [-0.3, -0.25) is 0 Å². The standard InChI is InChI=1S/C11H14O2/c12-11-3-7-4-2-8(13-11)9-5(4)1-6(7)10(9)11/h4-10,12H,1-3H2/t4-,5+,6-,7+,8+,9+,10-,11-/m0/s1. The van der Waals surface area contributed by atoms with E-state index in [-0.39, 0.29) is 0 Å². The molecule has 2 bridgehead atoms. The molecule has 0 spiro atoms. The normalized spacial score (nSPS) is 80.5. The maximum Gasteiger partial charge on any atom is 0.169 e. The first-order valence-corrected chi connectivity index (χ1v) is 5.68. The zero-order chi connectivity index (χ0) is 8.37. The predicted octanol–water partition coefficient (Wildman–Crippen LogP) is 0.996. The third-order valence-corrected chi connectivity index (χ3v) is 5.90. The number of aliphatic hydroxyl groups is 1. The van der Waals surface area contributed by atoms with E-state index in [0.717, 1.165) is 36.0 Å². The largest absolute Gasteiger partial charge is 0.365 e. The Morgan fingerprint density at radius 2 is 2.00 bits per heavy atom. The maximum atomic E-state index is 10.4. The van der Waals surface area contributed by atoms with Crippen LogP contribution in [-0.2, 0) is 4.74 Å². The number of fused-ring (bicyclic) bond motifs is 1. The van der Waals surface area contributed by atoms with Gasteiger partial charge in [0.25, 0.3) is 0 Å². The summed E-state index contributed by atoms with van der Waals surface area (Å²) < 4.78 is 5.87. The second-order valence-electron chi connectivity index (χ2n) is 5.94. The van der Waals surface area contributed by atoms with Gasteiger partial charge in [0, 0.05) is 12.3 Å². The SMILES string of the molecule is O[C@@]12C[C@@H]3[C@H]4C[C@@H](O1)[C@H]1[C@@H]4C[C@@H]3[C@@H]12. The topological polar surface area (TPSA) is 29.5 Å². The summed E-state index contributed by atoms with van der Waals surface area (Å²) in [6.07, 6.45) is 4.11. The smallest absolute Gasteiger partial charge is 0.169 e. The fourth-order valence-electron chi connectivity index (χ4n) is 5.92. The van der Waals surface area contributed by atoms with Gasteiger partial charge in [-0.25, -0.2) is 0 Å². The van der Waals surface area contributed by atoms with Crippen LogP contribution in [0.5, 0.6) is 0 Å². The molecule has 0 radical (unpaired) electrons. The molecule has 2 heteroatoms. The first kappa shape index (κ1) is 6.41. The highest BCUT2D eigenvalue weighted by Crippen LogP contribution is 2.77. The van der Waals surface area contributed by atoms with Crippen molar-refractivity contribution in [2.75, 3.05) is 0 Å². The monoisotopic (exact) mass is 178 g/mol. The molecule has 5 rings (SSSR count). The quantitative estimate of drug-likeness (QED) is 0.599. The maximum absolute atomic E-state index is 10.4. The average molecular weight is 178 g/mol. The lowest BCUT2D eigenvalue weighted by Crippen LogP contribution is -2.32. The van der Waals surface area contributed by atoms with Crippen molar-refractivity contribution in [3.05, 3.63) is 0 Å². The lowest BCUT2D eigenvalue weighted by atomic mass is 9.79. The van der Waals surface area contributed by atoms with E-state index < -0.39 is 5.79 Å². The Hall–Kier alpha value is -0.0800. The minimum absolute atomic E-state index is 0.447. The second-order valence-corrected chi connectivity index (χ2v) is 5.94. The summed E-state index contributed by atoms with van der Waals surface area (Å²) in [4.78, 5) is 0. The molecule has 0 amide bonds. The fourth-order valence-corrected chi connectivity index (χ4v) is 5.92. The molecule has 1 N–H and O–H groups in total. The number of rotatable bonds is 0. The Kier molecular flexibility index (Phi) is 0.733. The van der Waals surface area contributed by atoms with E-state index in [9.17, 15) is 5.11 Å². The second kappa shape index (κ2) is 1.49. The molecular weight excluding hydrogens is 164 g/mol. The van der Waals surface area contributed by atoms with Crippen molar-refractivity contribution in [2.24, 2.45) is 35.5 Å². The number of ether oxygens (including phenoxy) is 1. The molecular formula is C11H14O2. The summed E-state index contributed by atoms with van der Waals surface area (Å²) in [5.74, 6) is 4.21. The van der Waals surface area contributed by atoms with Crippen molar-refractivity contribution in [1.29, 1.82) is 0 Å². The molecule has 4 aliphatic carbocycles. The lowest BCUT2D eigenvalue weighted by Gasteiger charge is -2.25. The van der Waals surface area contributed by atoms with Gasteiger partial charge in [-0.15, -0.1) is 0 Å². The Labute approximate surface area is 77.3 Å². The highest BCUT2D eigenvalue weighted by Gasteiger charge is 2.78. The molecule has 0 unspecified atom stereocenters. The summed E-state index contributed by atoms with van der Waals surface area (Å²) in [7, 11) is 0. The molecule has 0 aromatic carbocycles. The van der Waals surface area contributed by atoms with Gasteiger partial charge in [-0.05, 0) is 42.4 Å². The van der Waals surface area contributed by atoms with Gasteiger partial charge in [-0.2, -0.15) is 0 Å². The van der Waals surface area contributed by atoms with E-state index in [1.807, 2.05) is 0 Å². The molecule has 8 atom stereocenters. The minimum atomic E-state index is -0.662. The van der Waals surface area contributed by atoms with Crippen LogP contribution in [0.2, 0.25) is 0 Å². The van der Waals surface area contributed by atoms with E-state index in [2.05, 4.69) is 0 Å². The van der Waals surface area contributed by atoms with Crippen LogP contribution in [0.4, 0.5) is 0 Å². The highest BCUT2D eigenvalue weighted by atomic mass is 16.6. The molecule has 0 aromatic rings. The zero-order valence-electron chi connectivity index (χ0n) is 7.52. The summed E-state index contributed by atoms with van der Waals surface area (Å²) in [6, 6.07) is 0. The summed E-state index contributed by atoms with van der Waals surface area (Å²) >= 11 is 0. The Bertz CT molecular complexity index is 315. The Morgan fingerprint density at radius 3 is 2.92 bits per heavy atom. The van der Waals surface area contributed by atoms with Gasteiger partial charge in [-0.1, -0.05) is 0 Å². The van der Waals surface area contributed by atoms with E-state index in [1.165, 1.54) is 12.8 Å². The van der Waals surface area contributed by atoms with Crippen LogP contribution in [0.15, 0.2) is 0 Å². The van der Waals surface area contributed by atoms with Crippen LogP contribution in [0, 0.1) is 35.5 Å². The van der Waals surface area contributed by atoms with Crippen molar-refractivity contribution in [3.63, 3.8) is 0 Å². The van der Waals surface area contributed by atoms with E-state index >= 15 is 0 Å². The molecule has 70 valence electrons. The van der Waals surface area contributed by atoms with Crippen LogP contribution < -0.4 is 0 Å². The zero-order valence-corrected chi connectivity index (χ0v) is 7.52. The Morgan fingerprint density at radius 1 is 1.08 bits per heavy atom. The van der Waals surface area contributed by atoms with Crippen molar-refractivity contribution in [3.8, 4) is 0 Å². The van der Waals surface area contributed by atoms with Crippen molar-refractivity contribution < 1.29 is 9.84 Å². The van der Waals surface area contributed by atoms with Gasteiger partial charge < -0.3 is 9.84 Å². The fraction of sp³-hybridized carbons (Fsp3) is 1.00. The Balaban J connectivity index is 1.86. The first-order chi connectivity index (χ1) is 6.28. The average Bonchev–Trinajstić information content (AvgIpc) is 2.66. The van der Waals surface area contributed by atoms with Crippen LogP contribution in [0.1, 0.15) is 19.3 Å². The summed E-state index contributed by atoms with van der Waals surface area (Å²) in [5.41, 5.74) is 0. The van der Waals surface area contributed by atoms with Crippen molar-refractivity contribution >= 4 is 0 Å². The third-order valence-electron chi connectivity index (χ3n) is 5.90. The molecule has 1 saturated heterocycles. The van der Waals surface area contributed by atoms with E-state index in [0.29, 0.717) is 12.0 Å². The van der Waals surface area contributed by atoms with E-state index in [4.69, 9.17) is 4.74 Å². The predicted molar refractivity (Wildman–Crippen MR) is 44.6 cm³/mol. The highest BCUT2D eigenvalue weighted by molar-refractivity contribution is 5.23. The van der Waals surface area contributed by atoms with Gasteiger partial charge in [0.05, 0.1) is 6.10 Å². The van der Waals surface area contributed by atoms with E-state index in [1.54, 1.807) is 0 Å². The molecule has 1 heterocycles. The van der Waals surface area contributed by atoms with Gasteiger partial charge in [0.15, 0.2) is 5.79 Å². The van der Waals surface area contributed by atoms with Crippen LogP contribution in [-0.4, -0.2) is 17.0 Å². The summed E-state index contributed by atoms with van der Waals surface area (Å²) in [5, 5.41) is 10.4. The van der Waals surface area contributed by atoms with Gasteiger partial charge >= 0.3 is 0 Å². The molecule has 13 heavy (non-hydrogen) atoms. The molecule has 2 nitrogen and oxygen atoms in total. The molecule has 0 aromatic heterocycles. The van der Waals surface area contributed by atoms with Gasteiger partial charge in [0.1, 0.15) is 0 Å². The summed E-state index contributed by atoms with van der Waals surface area (Å²) in [6.45, 7) is 0. The number of hydrogen-bond donors (Lipinski definition) is 1. The van der Waals surface area contributed by atoms with Gasteiger partial charge in [0.2, 0.25) is 0 Å².